The molecule has 1 heterocycles. The minimum absolute atomic E-state index is 0.165. The molecule has 2 radical (unpaired) electrons. The van der Waals surface area contributed by atoms with Crippen molar-refractivity contribution in [3.8, 4) is 0 Å². The fourth-order valence-electron chi connectivity index (χ4n) is 0.914. The maximum Gasteiger partial charge on any atom is 0.214 e. The van der Waals surface area contributed by atoms with Crippen molar-refractivity contribution >= 4 is 19.6 Å². The Bertz CT molecular complexity index is 118. The van der Waals surface area contributed by atoms with E-state index in [0.29, 0.717) is 6.61 Å². The van der Waals surface area contributed by atoms with Crippen molar-refractivity contribution in [2.45, 2.75) is 25.0 Å². The first-order chi connectivity index (χ1) is 4.66. The summed E-state index contributed by atoms with van der Waals surface area (Å²) in [5.41, 5.74) is 0. The molecule has 2 atom stereocenters. The zero-order valence-electron chi connectivity index (χ0n) is 6.29. The Morgan fingerprint density at radius 2 is 2.60 bits per heavy atom. The summed E-state index contributed by atoms with van der Waals surface area (Å²) in [4.78, 5) is 0. The Balaban J connectivity index is 2.38. The van der Waals surface area contributed by atoms with Gasteiger partial charge < -0.3 is 9.47 Å². The molecule has 1 rings (SSSR count). The van der Waals surface area contributed by atoms with Crippen LogP contribution >= 0.6 is 11.8 Å². The Morgan fingerprint density at radius 1 is 1.90 bits per heavy atom. The molecule has 0 bridgehead atoms. The van der Waals surface area contributed by atoms with Crippen molar-refractivity contribution in [1.82, 2.24) is 0 Å². The summed E-state index contributed by atoms with van der Waals surface area (Å²) in [5, 5.41) is -0.492. The molecule has 0 aromatic rings. The third-order valence-electron chi connectivity index (χ3n) is 1.28. The van der Waals surface area contributed by atoms with E-state index in [1.807, 2.05) is 13.8 Å². The second-order valence-electron chi connectivity index (χ2n) is 2.26. The topological polar surface area (TPSA) is 18.5 Å². The van der Waals surface area contributed by atoms with Crippen LogP contribution in [0.1, 0.15) is 13.8 Å². The van der Waals surface area contributed by atoms with E-state index in [9.17, 15) is 0 Å². The Kier molecular flexibility index (Phi) is 2.66. The third-order valence-corrected chi connectivity index (χ3v) is 2.52. The normalized spacial score (nSPS) is 40.4. The van der Waals surface area contributed by atoms with Crippen molar-refractivity contribution in [3.63, 3.8) is 0 Å². The maximum absolute atomic E-state index is 5.52. The molecule has 1 aliphatic rings. The van der Waals surface area contributed by atoms with Gasteiger partial charge in [-0.25, -0.2) is 0 Å². The van der Waals surface area contributed by atoms with E-state index < -0.39 is 5.12 Å². The molecule has 1 aliphatic heterocycles. The summed E-state index contributed by atoms with van der Waals surface area (Å²) in [6.45, 7) is 4.50. The average molecular weight is 158 g/mol. The molecule has 2 unspecified atom stereocenters. The standard InChI is InChI=1S/C6H11BO2S/c1-3-8-6(2)9-5(7)4-10-6/h5H,3-4H2,1-2H3. The van der Waals surface area contributed by atoms with Gasteiger partial charge in [0.1, 0.15) is 7.85 Å². The quantitative estimate of drug-likeness (QED) is 0.557. The van der Waals surface area contributed by atoms with Crippen LogP contribution in [0, 0.1) is 0 Å². The molecule has 10 heavy (non-hydrogen) atoms. The van der Waals surface area contributed by atoms with Gasteiger partial charge in [-0.05, 0) is 6.92 Å². The van der Waals surface area contributed by atoms with Gasteiger partial charge >= 0.3 is 0 Å². The van der Waals surface area contributed by atoms with Crippen LogP contribution in [0.5, 0.6) is 0 Å². The van der Waals surface area contributed by atoms with E-state index in [2.05, 4.69) is 0 Å². The number of hydrogen-bond donors (Lipinski definition) is 0. The predicted octanol–water partition coefficient (Wildman–Crippen LogP) is 0.955. The van der Waals surface area contributed by atoms with Gasteiger partial charge in [0.25, 0.3) is 0 Å². The Hall–Kier alpha value is 0.335. The summed E-state index contributed by atoms with van der Waals surface area (Å²) in [6, 6.07) is -0.165. The molecular formula is C6H11BO2S. The van der Waals surface area contributed by atoms with Gasteiger partial charge in [0.05, 0.1) is 0 Å². The molecule has 4 heteroatoms. The van der Waals surface area contributed by atoms with Gasteiger partial charge in [-0.1, -0.05) is 11.8 Å². The molecule has 0 aliphatic carbocycles. The van der Waals surface area contributed by atoms with E-state index in [0.717, 1.165) is 5.75 Å². The smallest absolute Gasteiger partial charge is 0.214 e. The van der Waals surface area contributed by atoms with Crippen LogP contribution in [0.15, 0.2) is 0 Å². The highest BCUT2D eigenvalue weighted by molar-refractivity contribution is 8.00. The lowest BCUT2D eigenvalue weighted by molar-refractivity contribution is -0.151. The SMILES string of the molecule is [B]C1CSC(C)(OCC)O1. The first kappa shape index (κ1) is 8.43. The predicted molar refractivity (Wildman–Crippen MR) is 43.1 cm³/mol. The van der Waals surface area contributed by atoms with E-state index in [-0.39, 0.29) is 6.00 Å². The molecule has 0 spiro atoms. The van der Waals surface area contributed by atoms with Crippen molar-refractivity contribution in [2.75, 3.05) is 12.4 Å². The van der Waals surface area contributed by atoms with E-state index in [4.69, 9.17) is 17.3 Å². The summed E-state index contributed by atoms with van der Waals surface area (Å²) in [7, 11) is 5.52. The fourth-order valence-corrected chi connectivity index (χ4v) is 1.84. The third kappa shape index (κ3) is 1.91. The highest BCUT2D eigenvalue weighted by atomic mass is 32.2. The van der Waals surface area contributed by atoms with Crippen LogP contribution < -0.4 is 0 Å². The van der Waals surface area contributed by atoms with Crippen LogP contribution in [0.3, 0.4) is 0 Å². The number of thioether (sulfide) groups is 1. The number of rotatable bonds is 2. The molecule has 0 aromatic heterocycles. The van der Waals surface area contributed by atoms with Crippen molar-refractivity contribution in [1.29, 1.82) is 0 Å². The molecule has 0 N–H and O–H groups in total. The lowest BCUT2D eigenvalue weighted by atomic mass is 10.0. The van der Waals surface area contributed by atoms with Crippen molar-refractivity contribution < 1.29 is 9.47 Å². The van der Waals surface area contributed by atoms with Crippen LogP contribution in [0.2, 0.25) is 0 Å². The summed E-state index contributed by atoms with van der Waals surface area (Å²) in [6.07, 6.45) is 0. The van der Waals surface area contributed by atoms with Crippen LogP contribution in [0.4, 0.5) is 0 Å². The van der Waals surface area contributed by atoms with E-state index in [1.165, 1.54) is 0 Å². The zero-order chi connectivity index (χ0) is 7.61. The molecule has 0 amide bonds. The summed E-state index contributed by atoms with van der Waals surface area (Å²) in [5.74, 6) is 0.816. The fraction of sp³-hybridized carbons (Fsp3) is 1.00. The first-order valence-electron chi connectivity index (χ1n) is 3.37. The molecule has 0 aromatic carbocycles. The monoisotopic (exact) mass is 158 g/mol. The number of ether oxygens (including phenoxy) is 2. The average Bonchev–Trinajstić information content (AvgIpc) is 2.12. The van der Waals surface area contributed by atoms with Crippen LogP contribution in [-0.2, 0) is 9.47 Å². The summed E-state index contributed by atoms with van der Waals surface area (Å²) < 4.78 is 10.6. The highest BCUT2D eigenvalue weighted by Gasteiger charge is 2.34. The molecular weight excluding hydrogens is 147 g/mol. The van der Waals surface area contributed by atoms with E-state index in [1.54, 1.807) is 11.8 Å². The van der Waals surface area contributed by atoms with Gasteiger partial charge in [0.15, 0.2) is 0 Å². The van der Waals surface area contributed by atoms with Gasteiger partial charge in [0.2, 0.25) is 5.12 Å². The lowest BCUT2D eigenvalue weighted by Gasteiger charge is -2.22. The maximum atomic E-state index is 5.52. The van der Waals surface area contributed by atoms with Gasteiger partial charge in [0, 0.05) is 25.3 Å². The van der Waals surface area contributed by atoms with Gasteiger partial charge in [-0.15, -0.1) is 0 Å². The van der Waals surface area contributed by atoms with Gasteiger partial charge in [-0.2, -0.15) is 0 Å². The second kappa shape index (κ2) is 3.16. The molecule has 1 saturated heterocycles. The minimum atomic E-state index is -0.492. The van der Waals surface area contributed by atoms with Crippen molar-refractivity contribution in [2.24, 2.45) is 0 Å². The van der Waals surface area contributed by atoms with Gasteiger partial charge in [-0.3, -0.25) is 0 Å². The Morgan fingerprint density at radius 3 is 3.00 bits per heavy atom. The summed E-state index contributed by atoms with van der Waals surface area (Å²) >= 11 is 1.61. The van der Waals surface area contributed by atoms with Crippen molar-refractivity contribution in [3.05, 3.63) is 0 Å². The molecule has 56 valence electrons. The van der Waals surface area contributed by atoms with Crippen LogP contribution in [0.25, 0.3) is 0 Å². The largest absolute Gasteiger partial charge is 0.347 e. The zero-order valence-corrected chi connectivity index (χ0v) is 7.11. The van der Waals surface area contributed by atoms with Crippen LogP contribution in [-0.4, -0.2) is 31.3 Å². The minimum Gasteiger partial charge on any atom is -0.347 e. The number of hydrogen-bond acceptors (Lipinski definition) is 3. The second-order valence-corrected chi connectivity index (χ2v) is 3.63. The highest BCUT2D eigenvalue weighted by Crippen LogP contribution is 2.35. The Labute approximate surface area is 67.1 Å². The molecule has 1 fully saturated rings. The first-order valence-corrected chi connectivity index (χ1v) is 4.36. The molecule has 2 nitrogen and oxygen atoms in total. The lowest BCUT2D eigenvalue weighted by Crippen LogP contribution is -2.26. The molecule has 0 saturated carbocycles. The van der Waals surface area contributed by atoms with E-state index >= 15 is 0 Å².